The predicted octanol–water partition coefficient (Wildman–Crippen LogP) is 3.65. The molecule has 0 aliphatic rings. The Kier molecular flexibility index (Phi) is 4.72. The molecule has 0 radical (unpaired) electrons. The Bertz CT molecular complexity index is 528. The molecular formula is C15H19N3O. The lowest BCUT2D eigenvalue weighted by molar-refractivity contribution is 0.457. The molecule has 1 aromatic carbocycles. The van der Waals surface area contributed by atoms with Crippen molar-refractivity contribution < 1.29 is 4.74 Å². The molecule has 19 heavy (non-hydrogen) atoms. The van der Waals surface area contributed by atoms with E-state index in [4.69, 9.17) is 4.74 Å². The lowest BCUT2D eigenvalue weighted by atomic mass is 10.1. The van der Waals surface area contributed by atoms with Gasteiger partial charge in [-0.2, -0.15) is 4.98 Å². The number of para-hydroxylation sites is 1. The van der Waals surface area contributed by atoms with Gasteiger partial charge in [0.25, 0.3) is 0 Å². The Morgan fingerprint density at radius 2 is 2.00 bits per heavy atom. The van der Waals surface area contributed by atoms with Crippen molar-refractivity contribution in [3.8, 4) is 11.6 Å². The van der Waals surface area contributed by atoms with Crippen LogP contribution in [0.4, 0.5) is 5.95 Å². The molecule has 1 aromatic heterocycles. The Balaban J connectivity index is 2.14. The number of aromatic nitrogens is 2. The van der Waals surface area contributed by atoms with E-state index in [0.29, 0.717) is 11.8 Å². The van der Waals surface area contributed by atoms with E-state index in [1.54, 1.807) is 12.3 Å². The second-order valence-corrected chi connectivity index (χ2v) is 4.21. The van der Waals surface area contributed by atoms with Crippen LogP contribution in [-0.2, 0) is 6.42 Å². The number of hydrogen-bond donors (Lipinski definition) is 1. The summed E-state index contributed by atoms with van der Waals surface area (Å²) in [5.74, 6) is 2.02. The zero-order valence-electron chi connectivity index (χ0n) is 11.4. The lowest BCUT2D eigenvalue weighted by Crippen LogP contribution is -2.04. The number of nitrogens with zero attached hydrogens (tertiary/aromatic N) is 2. The van der Waals surface area contributed by atoms with Gasteiger partial charge < -0.3 is 10.1 Å². The van der Waals surface area contributed by atoms with Crippen molar-refractivity contribution in [2.24, 2.45) is 0 Å². The van der Waals surface area contributed by atoms with E-state index >= 15 is 0 Å². The molecule has 2 rings (SSSR count). The first-order valence-electron chi connectivity index (χ1n) is 6.66. The molecule has 4 nitrogen and oxygen atoms in total. The van der Waals surface area contributed by atoms with E-state index in [2.05, 4.69) is 35.2 Å². The molecule has 0 amide bonds. The van der Waals surface area contributed by atoms with Crippen molar-refractivity contribution in [3.63, 3.8) is 0 Å². The van der Waals surface area contributed by atoms with Crippen LogP contribution in [0, 0.1) is 0 Å². The summed E-state index contributed by atoms with van der Waals surface area (Å²) in [7, 11) is 0. The van der Waals surface area contributed by atoms with Gasteiger partial charge in [-0.15, -0.1) is 0 Å². The largest absolute Gasteiger partial charge is 0.439 e. The Hall–Kier alpha value is -2.10. The number of rotatable bonds is 6. The van der Waals surface area contributed by atoms with Crippen LogP contribution >= 0.6 is 0 Å². The van der Waals surface area contributed by atoms with Crippen LogP contribution in [0.1, 0.15) is 25.8 Å². The molecule has 0 fully saturated rings. The van der Waals surface area contributed by atoms with Crippen LogP contribution < -0.4 is 10.1 Å². The number of ether oxygens (including phenoxy) is 1. The summed E-state index contributed by atoms with van der Waals surface area (Å²) in [6, 6.07) is 9.77. The monoisotopic (exact) mass is 257 g/mol. The molecule has 0 aliphatic carbocycles. The van der Waals surface area contributed by atoms with Crippen LogP contribution in [0.15, 0.2) is 36.5 Å². The molecule has 100 valence electrons. The third kappa shape index (κ3) is 3.68. The number of benzene rings is 1. The first kappa shape index (κ1) is 13.3. The van der Waals surface area contributed by atoms with Crippen molar-refractivity contribution in [2.75, 3.05) is 11.9 Å². The van der Waals surface area contributed by atoms with Crippen LogP contribution in [0.2, 0.25) is 0 Å². The number of nitrogens with one attached hydrogen (secondary N) is 1. The SMILES string of the molecule is CCCNc1nccc(Oc2ccccc2CC)n1. The molecule has 0 bridgehead atoms. The highest BCUT2D eigenvalue weighted by Gasteiger charge is 2.04. The van der Waals surface area contributed by atoms with Gasteiger partial charge in [0, 0.05) is 18.8 Å². The van der Waals surface area contributed by atoms with Crippen LogP contribution in [-0.4, -0.2) is 16.5 Å². The maximum Gasteiger partial charge on any atom is 0.225 e. The molecule has 4 heteroatoms. The van der Waals surface area contributed by atoms with Crippen molar-refractivity contribution >= 4 is 5.95 Å². The first-order chi connectivity index (χ1) is 9.33. The maximum atomic E-state index is 5.83. The fraction of sp³-hybridized carbons (Fsp3) is 0.333. The van der Waals surface area contributed by atoms with Gasteiger partial charge in [-0.25, -0.2) is 4.98 Å². The quantitative estimate of drug-likeness (QED) is 0.858. The summed E-state index contributed by atoms with van der Waals surface area (Å²) in [6.07, 6.45) is 3.67. The number of aryl methyl sites for hydroxylation is 1. The fourth-order valence-electron chi connectivity index (χ4n) is 1.73. The van der Waals surface area contributed by atoms with E-state index in [-0.39, 0.29) is 0 Å². The summed E-state index contributed by atoms with van der Waals surface area (Å²) in [4.78, 5) is 8.50. The Morgan fingerprint density at radius 3 is 2.79 bits per heavy atom. The summed E-state index contributed by atoms with van der Waals surface area (Å²) in [6.45, 7) is 5.07. The van der Waals surface area contributed by atoms with Crippen LogP contribution in [0.5, 0.6) is 11.6 Å². The fourth-order valence-corrected chi connectivity index (χ4v) is 1.73. The normalized spacial score (nSPS) is 10.2. The number of hydrogen-bond acceptors (Lipinski definition) is 4. The van der Waals surface area contributed by atoms with Crippen molar-refractivity contribution in [3.05, 3.63) is 42.1 Å². The molecule has 0 saturated carbocycles. The second-order valence-electron chi connectivity index (χ2n) is 4.21. The average Bonchev–Trinajstić information content (AvgIpc) is 2.46. The first-order valence-corrected chi connectivity index (χ1v) is 6.66. The molecule has 0 atom stereocenters. The van der Waals surface area contributed by atoms with Gasteiger partial charge in [0.15, 0.2) is 0 Å². The van der Waals surface area contributed by atoms with E-state index in [1.807, 2.05) is 18.2 Å². The molecule has 1 N–H and O–H groups in total. The minimum Gasteiger partial charge on any atom is -0.439 e. The molecular weight excluding hydrogens is 238 g/mol. The zero-order valence-corrected chi connectivity index (χ0v) is 11.4. The van der Waals surface area contributed by atoms with Gasteiger partial charge in [-0.3, -0.25) is 0 Å². The third-order valence-corrected chi connectivity index (χ3v) is 2.73. The third-order valence-electron chi connectivity index (χ3n) is 2.73. The van der Waals surface area contributed by atoms with Gasteiger partial charge in [-0.1, -0.05) is 32.0 Å². The molecule has 0 saturated heterocycles. The van der Waals surface area contributed by atoms with E-state index < -0.39 is 0 Å². The second kappa shape index (κ2) is 6.73. The molecule has 0 unspecified atom stereocenters. The van der Waals surface area contributed by atoms with Gasteiger partial charge >= 0.3 is 0 Å². The molecule has 0 spiro atoms. The summed E-state index contributed by atoms with van der Waals surface area (Å²) < 4.78 is 5.83. The molecule has 0 aliphatic heterocycles. The summed E-state index contributed by atoms with van der Waals surface area (Å²) in [5, 5.41) is 3.15. The van der Waals surface area contributed by atoms with Gasteiger partial charge in [0.05, 0.1) is 0 Å². The Morgan fingerprint density at radius 1 is 1.16 bits per heavy atom. The van der Waals surface area contributed by atoms with E-state index in [9.17, 15) is 0 Å². The van der Waals surface area contributed by atoms with E-state index in [0.717, 1.165) is 25.1 Å². The summed E-state index contributed by atoms with van der Waals surface area (Å²) in [5.41, 5.74) is 1.17. The number of anilines is 1. The maximum absolute atomic E-state index is 5.83. The van der Waals surface area contributed by atoms with Gasteiger partial charge in [-0.05, 0) is 24.5 Å². The van der Waals surface area contributed by atoms with Crippen LogP contribution in [0.3, 0.4) is 0 Å². The highest BCUT2D eigenvalue weighted by Crippen LogP contribution is 2.24. The van der Waals surface area contributed by atoms with Crippen molar-refractivity contribution in [2.45, 2.75) is 26.7 Å². The Labute approximate surface area is 113 Å². The smallest absolute Gasteiger partial charge is 0.225 e. The summed E-state index contributed by atoms with van der Waals surface area (Å²) >= 11 is 0. The average molecular weight is 257 g/mol. The molecule has 2 aromatic rings. The standard InChI is InChI=1S/C15H19N3O/c1-3-10-16-15-17-11-9-14(18-15)19-13-8-6-5-7-12(13)4-2/h5-9,11H,3-4,10H2,1-2H3,(H,16,17,18). The topological polar surface area (TPSA) is 47.0 Å². The van der Waals surface area contributed by atoms with Gasteiger partial charge in [0.1, 0.15) is 5.75 Å². The lowest BCUT2D eigenvalue weighted by Gasteiger charge is -2.10. The van der Waals surface area contributed by atoms with Crippen molar-refractivity contribution in [1.29, 1.82) is 0 Å². The van der Waals surface area contributed by atoms with Gasteiger partial charge in [0.2, 0.25) is 11.8 Å². The zero-order chi connectivity index (χ0) is 13.5. The van der Waals surface area contributed by atoms with Crippen LogP contribution in [0.25, 0.3) is 0 Å². The molecule has 1 heterocycles. The highest BCUT2D eigenvalue weighted by atomic mass is 16.5. The highest BCUT2D eigenvalue weighted by molar-refractivity contribution is 5.37. The van der Waals surface area contributed by atoms with Crippen molar-refractivity contribution in [1.82, 2.24) is 9.97 Å². The minimum absolute atomic E-state index is 0.564. The minimum atomic E-state index is 0.564. The van der Waals surface area contributed by atoms with E-state index in [1.165, 1.54) is 5.56 Å². The predicted molar refractivity (Wildman–Crippen MR) is 76.7 cm³/mol.